The smallest absolute Gasteiger partial charge is 0.257 e. The molecule has 0 aliphatic heterocycles. The number of carbonyl (C=O) groups excluding carboxylic acids is 2. The van der Waals surface area contributed by atoms with Crippen LogP contribution in [0.4, 0.5) is 14.5 Å². The van der Waals surface area contributed by atoms with Crippen LogP contribution >= 0.6 is 0 Å². The molecule has 1 aromatic heterocycles. The highest BCUT2D eigenvalue weighted by atomic mass is 19.1. The van der Waals surface area contributed by atoms with E-state index in [-0.39, 0.29) is 17.0 Å². The average molecular weight is 395 g/mol. The number of hydrogen-bond donors (Lipinski definition) is 2. The van der Waals surface area contributed by atoms with Crippen molar-refractivity contribution in [2.75, 3.05) is 11.9 Å². The van der Waals surface area contributed by atoms with Crippen molar-refractivity contribution in [3.63, 3.8) is 0 Å². The lowest BCUT2D eigenvalue weighted by Crippen LogP contribution is -2.25. The van der Waals surface area contributed by atoms with Crippen molar-refractivity contribution in [2.24, 2.45) is 0 Å². The molecule has 2 aromatic carbocycles. The molecule has 0 atom stereocenters. The van der Waals surface area contributed by atoms with Gasteiger partial charge in [0.05, 0.1) is 11.1 Å². The third-order valence-electron chi connectivity index (χ3n) is 4.23. The van der Waals surface area contributed by atoms with E-state index in [1.165, 1.54) is 30.1 Å². The van der Waals surface area contributed by atoms with Crippen LogP contribution in [-0.4, -0.2) is 23.3 Å². The quantitative estimate of drug-likeness (QED) is 0.595. The highest BCUT2D eigenvalue weighted by Crippen LogP contribution is 2.19. The molecule has 0 saturated carbocycles. The van der Waals surface area contributed by atoms with E-state index in [0.717, 1.165) is 25.0 Å². The second-order valence-electron chi connectivity index (χ2n) is 6.36. The summed E-state index contributed by atoms with van der Waals surface area (Å²) in [6.07, 6.45) is 4.14. The Morgan fingerprint density at radius 2 is 1.52 bits per heavy atom. The molecule has 0 spiro atoms. The SMILES string of the molecule is O=C(NCCCc1ccccc1)c1cncc(C(=O)Nc2c(F)cccc2F)c1. The summed E-state index contributed by atoms with van der Waals surface area (Å²) in [6.45, 7) is 0.463. The van der Waals surface area contributed by atoms with E-state index in [1.54, 1.807) is 0 Å². The van der Waals surface area contributed by atoms with Crippen LogP contribution < -0.4 is 10.6 Å². The maximum Gasteiger partial charge on any atom is 0.257 e. The zero-order chi connectivity index (χ0) is 20.6. The molecule has 2 amide bonds. The molecule has 29 heavy (non-hydrogen) atoms. The first-order chi connectivity index (χ1) is 14.0. The van der Waals surface area contributed by atoms with E-state index in [9.17, 15) is 18.4 Å². The third-order valence-corrected chi connectivity index (χ3v) is 4.23. The minimum absolute atomic E-state index is 0.0181. The number of aryl methyl sites for hydroxylation is 1. The fourth-order valence-corrected chi connectivity index (χ4v) is 2.73. The van der Waals surface area contributed by atoms with Crippen LogP contribution in [0.2, 0.25) is 0 Å². The first kappa shape index (κ1) is 20.1. The summed E-state index contributed by atoms with van der Waals surface area (Å²) in [5, 5.41) is 4.94. The Bertz CT molecular complexity index is 990. The van der Waals surface area contributed by atoms with Crippen LogP contribution in [0.25, 0.3) is 0 Å². The number of para-hydroxylation sites is 1. The monoisotopic (exact) mass is 395 g/mol. The van der Waals surface area contributed by atoms with Crippen molar-refractivity contribution in [3.8, 4) is 0 Å². The van der Waals surface area contributed by atoms with E-state index < -0.39 is 23.2 Å². The number of amides is 2. The maximum absolute atomic E-state index is 13.7. The zero-order valence-electron chi connectivity index (χ0n) is 15.5. The Morgan fingerprint density at radius 1 is 0.862 bits per heavy atom. The molecule has 3 aromatic rings. The number of pyridine rings is 1. The summed E-state index contributed by atoms with van der Waals surface area (Å²) in [5.74, 6) is -2.92. The fourth-order valence-electron chi connectivity index (χ4n) is 2.73. The third kappa shape index (κ3) is 5.44. The number of carbonyl (C=O) groups is 2. The second-order valence-corrected chi connectivity index (χ2v) is 6.36. The molecule has 0 aliphatic carbocycles. The van der Waals surface area contributed by atoms with E-state index in [1.807, 2.05) is 30.3 Å². The van der Waals surface area contributed by atoms with Crippen LogP contribution in [0.5, 0.6) is 0 Å². The molecule has 5 nitrogen and oxygen atoms in total. The van der Waals surface area contributed by atoms with Crippen LogP contribution in [0.1, 0.15) is 32.7 Å². The molecule has 1 heterocycles. The minimum Gasteiger partial charge on any atom is -0.352 e. The van der Waals surface area contributed by atoms with E-state index in [2.05, 4.69) is 15.6 Å². The lowest BCUT2D eigenvalue weighted by molar-refractivity contribution is 0.0953. The van der Waals surface area contributed by atoms with Gasteiger partial charge < -0.3 is 10.6 Å². The van der Waals surface area contributed by atoms with Gasteiger partial charge in [0.15, 0.2) is 0 Å². The van der Waals surface area contributed by atoms with Gasteiger partial charge in [0, 0.05) is 18.9 Å². The molecular formula is C22H19F2N3O2. The van der Waals surface area contributed by atoms with Gasteiger partial charge in [-0.05, 0) is 36.6 Å². The van der Waals surface area contributed by atoms with Crippen molar-refractivity contribution in [2.45, 2.75) is 12.8 Å². The lowest BCUT2D eigenvalue weighted by Gasteiger charge is -2.09. The number of nitrogens with one attached hydrogen (secondary N) is 2. The summed E-state index contributed by atoms with van der Waals surface area (Å²) in [7, 11) is 0. The molecule has 2 N–H and O–H groups in total. The largest absolute Gasteiger partial charge is 0.352 e. The molecular weight excluding hydrogens is 376 g/mol. The Balaban J connectivity index is 1.58. The molecule has 0 fully saturated rings. The normalized spacial score (nSPS) is 10.4. The van der Waals surface area contributed by atoms with Gasteiger partial charge in [-0.3, -0.25) is 14.6 Å². The predicted molar refractivity (Wildman–Crippen MR) is 106 cm³/mol. The first-order valence-electron chi connectivity index (χ1n) is 9.07. The summed E-state index contributed by atoms with van der Waals surface area (Å²) >= 11 is 0. The van der Waals surface area contributed by atoms with Gasteiger partial charge in [0.2, 0.25) is 0 Å². The van der Waals surface area contributed by atoms with Gasteiger partial charge in [0.25, 0.3) is 11.8 Å². The summed E-state index contributed by atoms with van der Waals surface area (Å²) < 4.78 is 27.4. The number of nitrogens with zero attached hydrogens (tertiary/aromatic N) is 1. The number of aromatic nitrogens is 1. The van der Waals surface area contributed by atoms with Gasteiger partial charge in [-0.1, -0.05) is 36.4 Å². The molecule has 148 valence electrons. The van der Waals surface area contributed by atoms with Gasteiger partial charge in [0.1, 0.15) is 17.3 Å². The highest BCUT2D eigenvalue weighted by molar-refractivity contribution is 6.05. The van der Waals surface area contributed by atoms with Crippen LogP contribution in [0.3, 0.4) is 0 Å². The Labute approximate surface area is 166 Å². The minimum atomic E-state index is -0.890. The highest BCUT2D eigenvalue weighted by Gasteiger charge is 2.15. The van der Waals surface area contributed by atoms with Crippen molar-refractivity contribution in [1.82, 2.24) is 10.3 Å². The standard InChI is InChI=1S/C22H19F2N3O2/c23-18-9-4-10-19(24)20(18)27-22(29)17-12-16(13-25-14-17)21(28)26-11-5-8-15-6-2-1-3-7-15/h1-4,6-7,9-10,12-14H,5,8,11H2,(H,26,28)(H,27,29). The van der Waals surface area contributed by atoms with Crippen LogP contribution in [0.15, 0.2) is 67.0 Å². The van der Waals surface area contributed by atoms with E-state index in [4.69, 9.17) is 0 Å². The maximum atomic E-state index is 13.7. The topological polar surface area (TPSA) is 71.1 Å². The second kappa shape index (κ2) is 9.54. The first-order valence-corrected chi connectivity index (χ1v) is 9.07. The summed E-state index contributed by atoms with van der Waals surface area (Å²) in [4.78, 5) is 28.5. The molecule has 0 aliphatic rings. The van der Waals surface area contributed by atoms with Crippen molar-refractivity contribution in [3.05, 3.63) is 95.3 Å². The average Bonchev–Trinajstić information content (AvgIpc) is 2.74. The molecule has 0 unspecified atom stereocenters. The molecule has 3 rings (SSSR count). The number of halogens is 2. The Kier molecular flexibility index (Phi) is 6.63. The van der Waals surface area contributed by atoms with Crippen LogP contribution in [0, 0.1) is 11.6 Å². The molecule has 0 saturated heterocycles. The van der Waals surface area contributed by atoms with Gasteiger partial charge in [-0.25, -0.2) is 8.78 Å². The number of anilines is 1. The predicted octanol–water partition coefficient (Wildman–Crippen LogP) is 3.97. The van der Waals surface area contributed by atoms with Crippen molar-refractivity contribution < 1.29 is 18.4 Å². The Hall–Kier alpha value is -3.61. The summed E-state index contributed by atoms with van der Waals surface area (Å²) in [5.41, 5.74) is 0.840. The Morgan fingerprint density at radius 3 is 2.21 bits per heavy atom. The fraction of sp³-hybridized carbons (Fsp3) is 0.136. The molecule has 0 bridgehead atoms. The molecule has 0 radical (unpaired) electrons. The lowest BCUT2D eigenvalue weighted by atomic mass is 10.1. The van der Waals surface area contributed by atoms with Crippen LogP contribution in [-0.2, 0) is 6.42 Å². The number of hydrogen-bond acceptors (Lipinski definition) is 3. The van der Waals surface area contributed by atoms with Gasteiger partial charge in [-0.15, -0.1) is 0 Å². The van der Waals surface area contributed by atoms with Gasteiger partial charge in [-0.2, -0.15) is 0 Å². The van der Waals surface area contributed by atoms with E-state index >= 15 is 0 Å². The summed E-state index contributed by atoms with van der Waals surface area (Å²) in [6, 6.07) is 14.5. The van der Waals surface area contributed by atoms with E-state index in [0.29, 0.717) is 6.54 Å². The number of rotatable bonds is 7. The van der Waals surface area contributed by atoms with Crippen molar-refractivity contribution in [1.29, 1.82) is 0 Å². The number of benzene rings is 2. The zero-order valence-corrected chi connectivity index (χ0v) is 15.5. The van der Waals surface area contributed by atoms with Crippen molar-refractivity contribution >= 4 is 17.5 Å². The van der Waals surface area contributed by atoms with Gasteiger partial charge >= 0.3 is 0 Å². The molecule has 7 heteroatoms.